The van der Waals surface area contributed by atoms with E-state index in [0.29, 0.717) is 31.4 Å². The van der Waals surface area contributed by atoms with Crippen LogP contribution in [0.2, 0.25) is 0 Å². The van der Waals surface area contributed by atoms with E-state index in [2.05, 4.69) is 4.72 Å². The van der Waals surface area contributed by atoms with Crippen molar-refractivity contribution in [1.82, 2.24) is 9.62 Å². The largest absolute Gasteiger partial charge is 0.327 e. The zero-order valence-corrected chi connectivity index (χ0v) is 17.3. The Morgan fingerprint density at radius 2 is 1.67 bits per heavy atom. The van der Waals surface area contributed by atoms with Crippen LogP contribution < -0.4 is 4.72 Å². The molecule has 0 bridgehead atoms. The Balaban J connectivity index is 1.53. The molecule has 2 aliphatic rings. The van der Waals surface area contributed by atoms with Gasteiger partial charge in [0.15, 0.2) is 0 Å². The predicted octanol–water partition coefficient (Wildman–Crippen LogP) is 2.09. The first kappa shape index (κ1) is 20.1. The lowest BCUT2D eigenvalue weighted by Crippen LogP contribution is -2.69. The van der Waals surface area contributed by atoms with Gasteiger partial charge in [-0.25, -0.2) is 13.1 Å². The third kappa shape index (κ3) is 3.15. The van der Waals surface area contributed by atoms with E-state index in [1.807, 2.05) is 36.4 Å². The van der Waals surface area contributed by atoms with E-state index in [9.17, 15) is 18.0 Å². The van der Waals surface area contributed by atoms with Gasteiger partial charge in [0.2, 0.25) is 5.91 Å². The number of rotatable bonds is 5. The van der Waals surface area contributed by atoms with Crippen LogP contribution in [0.4, 0.5) is 0 Å². The monoisotopic (exact) mass is 423 g/mol. The fraction of sp³-hybridized carbons (Fsp3) is 0.318. The summed E-state index contributed by atoms with van der Waals surface area (Å²) < 4.78 is 27.3. The summed E-state index contributed by atoms with van der Waals surface area (Å²) in [5, 5.41) is 8.85. The second-order valence-corrected chi connectivity index (χ2v) is 9.68. The molecule has 1 saturated carbocycles. The van der Waals surface area contributed by atoms with Crippen molar-refractivity contribution < 1.29 is 18.0 Å². The lowest BCUT2D eigenvalue weighted by atomic mass is 9.82. The number of benzene rings is 2. The Morgan fingerprint density at radius 1 is 1.03 bits per heavy atom. The average molecular weight is 423 g/mol. The van der Waals surface area contributed by atoms with E-state index >= 15 is 0 Å². The van der Waals surface area contributed by atoms with Crippen molar-refractivity contribution in [2.24, 2.45) is 0 Å². The molecule has 1 unspecified atom stereocenters. The molecule has 2 aromatic rings. The maximum Gasteiger partial charge on any atom is 0.264 e. The lowest BCUT2D eigenvalue weighted by molar-refractivity contribution is -0.158. The molecular weight excluding hydrogens is 402 g/mol. The summed E-state index contributed by atoms with van der Waals surface area (Å²) in [4.78, 5) is 27.6. The van der Waals surface area contributed by atoms with Crippen LogP contribution in [0.5, 0.6) is 0 Å². The molecule has 30 heavy (non-hydrogen) atoms. The van der Waals surface area contributed by atoms with Crippen molar-refractivity contribution in [2.45, 2.75) is 42.0 Å². The zero-order valence-electron chi connectivity index (χ0n) is 16.5. The minimum absolute atomic E-state index is 0.112. The van der Waals surface area contributed by atoms with Gasteiger partial charge in [0.05, 0.1) is 21.9 Å². The van der Waals surface area contributed by atoms with Gasteiger partial charge in [-0.1, -0.05) is 30.3 Å². The Hall–Kier alpha value is -3.18. The van der Waals surface area contributed by atoms with E-state index in [4.69, 9.17) is 5.26 Å². The molecule has 4 rings (SSSR count). The van der Waals surface area contributed by atoms with Crippen molar-refractivity contribution in [2.75, 3.05) is 6.54 Å². The van der Waals surface area contributed by atoms with Gasteiger partial charge < -0.3 is 4.90 Å². The summed E-state index contributed by atoms with van der Waals surface area (Å²) in [6, 6.07) is 16.7. The molecule has 8 heteroatoms. The van der Waals surface area contributed by atoms with Crippen LogP contribution in [-0.4, -0.2) is 37.2 Å². The highest BCUT2D eigenvalue weighted by atomic mass is 32.2. The molecule has 0 aromatic heterocycles. The zero-order chi connectivity index (χ0) is 21.6. The molecule has 0 radical (unpaired) electrons. The molecule has 2 fully saturated rings. The molecular formula is C22H21N3O4S. The highest BCUT2D eigenvalue weighted by Crippen LogP contribution is 2.51. The molecule has 1 saturated heterocycles. The summed E-state index contributed by atoms with van der Waals surface area (Å²) >= 11 is 0. The normalized spacial score (nSPS) is 21.8. The van der Waals surface area contributed by atoms with Gasteiger partial charge in [0, 0.05) is 6.54 Å². The second-order valence-electron chi connectivity index (χ2n) is 8.00. The maximum absolute atomic E-state index is 13.3. The Morgan fingerprint density at radius 3 is 2.17 bits per heavy atom. The number of hydrogen-bond acceptors (Lipinski definition) is 5. The Kier molecular flexibility index (Phi) is 4.66. The number of nitrogens with one attached hydrogen (secondary N) is 1. The van der Waals surface area contributed by atoms with Crippen molar-refractivity contribution in [3.8, 4) is 6.07 Å². The minimum atomic E-state index is -4.11. The van der Waals surface area contributed by atoms with Gasteiger partial charge in [0.1, 0.15) is 5.54 Å². The van der Waals surface area contributed by atoms with Crippen LogP contribution in [-0.2, 0) is 25.0 Å². The van der Waals surface area contributed by atoms with Gasteiger partial charge in [-0.3, -0.25) is 9.59 Å². The first-order valence-corrected chi connectivity index (χ1v) is 11.2. The van der Waals surface area contributed by atoms with E-state index in [1.54, 1.807) is 6.92 Å². The number of carbonyl (C=O) groups excluding carboxylic acids is 2. The number of carbonyl (C=O) groups is 2. The van der Waals surface area contributed by atoms with Gasteiger partial charge in [-0.05, 0) is 56.0 Å². The van der Waals surface area contributed by atoms with Crippen molar-refractivity contribution in [1.29, 1.82) is 5.26 Å². The average Bonchev–Trinajstić information content (AvgIpc) is 3.55. The summed E-state index contributed by atoms with van der Waals surface area (Å²) in [7, 11) is -4.11. The fourth-order valence-corrected chi connectivity index (χ4v) is 4.96. The number of nitrogens with zero attached hydrogens (tertiary/aromatic N) is 2. The smallest absolute Gasteiger partial charge is 0.264 e. The SMILES string of the molecule is CC1(C(=O)NS(=O)(=O)c2ccc(C#N)cc2)CCN1C(=O)C1(c2ccccc2)CC1. The topological polar surface area (TPSA) is 107 Å². The molecule has 1 heterocycles. The molecule has 2 amide bonds. The minimum Gasteiger partial charge on any atom is -0.327 e. The van der Waals surface area contributed by atoms with E-state index in [-0.39, 0.29) is 10.8 Å². The number of sulfonamides is 1. The lowest BCUT2D eigenvalue weighted by Gasteiger charge is -2.50. The number of hydrogen-bond donors (Lipinski definition) is 1. The van der Waals surface area contributed by atoms with Crippen LogP contribution in [0.15, 0.2) is 59.5 Å². The second kappa shape index (κ2) is 6.96. The Bertz CT molecular complexity index is 1150. The predicted molar refractivity (Wildman–Crippen MR) is 109 cm³/mol. The van der Waals surface area contributed by atoms with Crippen molar-refractivity contribution >= 4 is 21.8 Å². The summed E-state index contributed by atoms with van der Waals surface area (Å²) in [5.74, 6) is -0.858. The number of amides is 2. The fourth-order valence-electron chi connectivity index (χ4n) is 3.89. The van der Waals surface area contributed by atoms with Crippen LogP contribution in [0.3, 0.4) is 0 Å². The maximum atomic E-state index is 13.3. The molecule has 1 N–H and O–H groups in total. The standard InChI is InChI=1S/C22H21N3O4S/c1-21(19(26)24-30(28,29)18-9-7-16(15-23)8-10-18)13-14-25(21)20(27)22(11-12-22)17-5-3-2-4-6-17/h2-10H,11-14H2,1H3,(H,24,26). The van der Waals surface area contributed by atoms with Crippen LogP contribution in [0.25, 0.3) is 0 Å². The number of likely N-dealkylation sites (tertiary alicyclic amines) is 1. The van der Waals surface area contributed by atoms with Crippen LogP contribution in [0.1, 0.15) is 37.3 Å². The molecule has 1 atom stereocenters. The summed E-state index contributed by atoms with van der Waals surface area (Å²) in [6.45, 7) is 2.01. The molecule has 7 nitrogen and oxygen atoms in total. The van der Waals surface area contributed by atoms with E-state index in [1.165, 1.54) is 29.2 Å². The third-order valence-corrected chi connectivity index (χ3v) is 7.51. The van der Waals surface area contributed by atoms with E-state index in [0.717, 1.165) is 5.56 Å². The quantitative estimate of drug-likeness (QED) is 0.792. The van der Waals surface area contributed by atoms with Gasteiger partial charge in [-0.2, -0.15) is 5.26 Å². The van der Waals surface area contributed by atoms with Crippen molar-refractivity contribution in [3.05, 3.63) is 65.7 Å². The highest BCUT2D eigenvalue weighted by molar-refractivity contribution is 7.90. The first-order valence-electron chi connectivity index (χ1n) is 9.68. The molecule has 2 aromatic carbocycles. The van der Waals surface area contributed by atoms with Crippen LogP contribution in [0, 0.1) is 11.3 Å². The van der Waals surface area contributed by atoms with E-state index < -0.39 is 26.9 Å². The molecule has 1 aliphatic heterocycles. The highest BCUT2D eigenvalue weighted by Gasteiger charge is 2.60. The van der Waals surface area contributed by atoms with Gasteiger partial charge in [0.25, 0.3) is 15.9 Å². The van der Waals surface area contributed by atoms with Crippen LogP contribution >= 0.6 is 0 Å². The van der Waals surface area contributed by atoms with Crippen molar-refractivity contribution in [3.63, 3.8) is 0 Å². The Labute approximate surface area is 175 Å². The first-order chi connectivity index (χ1) is 14.2. The molecule has 154 valence electrons. The van der Waals surface area contributed by atoms with Gasteiger partial charge >= 0.3 is 0 Å². The molecule has 1 aliphatic carbocycles. The summed E-state index contributed by atoms with van der Waals surface area (Å²) in [5.41, 5.74) is -0.593. The number of nitriles is 1. The molecule has 0 spiro atoms. The van der Waals surface area contributed by atoms with Gasteiger partial charge in [-0.15, -0.1) is 0 Å². The summed E-state index contributed by atoms with van der Waals surface area (Å²) in [6.07, 6.45) is 1.82. The third-order valence-electron chi connectivity index (χ3n) is 6.16.